The van der Waals surface area contributed by atoms with Crippen molar-refractivity contribution in [1.29, 1.82) is 0 Å². The van der Waals surface area contributed by atoms with Crippen molar-refractivity contribution in [3.63, 3.8) is 0 Å². The summed E-state index contributed by atoms with van der Waals surface area (Å²) in [6.07, 6.45) is -0.598. The second-order valence-electron chi connectivity index (χ2n) is 6.34. The number of imide groups is 1. The Hall–Kier alpha value is -2.05. The molecule has 1 heterocycles. The molecule has 0 aromatic heterocycles. The molecule has 2 amide bonds. The summed E-state index contributed by atoms with van der Waals surface area (Å²) < 4.78 is 4.89. The molecule has 1 saturated carbocycles. The van der Waals surface area contributed by atoms with E-state index >= 15 is 0 Å². The molecule has 126 valence electrons. The van der Waals surface area contributed by atoms with Crippen molar-refractivity contribution in [2.45, 2.75) is 52.1 Å². The Morgan fingerprint density at radius 2 is 1.78 bits per heavy atom. The van der Waals surface area contributed by atoms with Crippen LogP contribution in [0.4, 0.5) is 0 Å². The number of likely N-dealkylation sites (tertiary alicyclic amines) is 1. The highest BCUT2D eigenvalue weighted by molar-refractivity contribution is 6.12. The molecule has 0 bridgehead atoms. The van der Waals surface area contributed by atoms with Crippen LogP contribution in [0.15, 0.2) is 0 Å². The number of amides is 2. The first kappa shape index (κ1) is 17.3. The number of carbonyl (C=O) groups is 5. The van der Waals surface area contributed by atoms with Crippen molar-refractivity contribution >= 4 is 29.4 Å². The largest absolute Gasteiger partial charge is 0.446 e. The molecule has 0 radical (unpaired) electrons. The summed E-state index contributed by atoms with van der Waals surface area (Å²) in [5.41, 5.74) is 0. The molecule has 0 aromatic rings. The number of Topliss-reactive ketones (excluding diaryl/α,β-unsaturated/α-hetero) is 2. The Bertz CT molecular complexity index is 537. The lowest BCUT2D eigenvalue weighted by Crippen LogP contribution is -2.33. The zero-order chi connectivity index (χ0) is 17.1. The van der Waals surface area contributed by atoms with Crippen LogP contribution in [-0.2, 0) is 28.7 Å². The molecule has 1 saturated heterocycles. The number of nitrogens with zero attached hydrogens (tertiary/aromatic N) is 1. The fraction of sp³-hybridized carbons (Fsp3) is 0.688. The fourth-order valence-electron chi connectivity index (χ4n) is 2.86. The number of rotatable bonds is 6. The average molecular weight is 323 g/mol. The van der Waals surface area contributed by atoms with E-state index in [0.29, 0.717) is 0 Å². The zero-order valence-electron chi connectivity index (χ0n) is 13.4. The minimum Gasteiger partial charge on any atom is -0.446 e. The third-order valence-electron chi connectivity index (χ3n) is 4.30. The van der Waals surface area contributed by atoms with Gasteiger partial charge in [0.2, 0.25) is 17.9 Å². The number of carbonyl (C=O) groups excluding carboxylic acids is 5. The Morgan fingerprint density at radius 1 is 1.17 bits per heavy atom. The van der Waals surface area contributed by atoms with Gasteiger partial charge in [-0.2, -0.15) is 0 Å². The summed E-state index contributed by atoms with van der Waals surface area (Å²) in [5, 5.41) is 0. The molecule has 23 heavy (non-hydrogen) atoms. The molecule has 1 aliphatic heterocycles. The zero-order valence-corrected chi connectivity index (χ0v) is 13.4. The van der Waals surface area contributed by atoms with Crippen molar-refractivity contribution < 1.29 is 28.7 Å². The van der Waals surface area contributed by atoms with E-state index in [1.54, 1.807) is 0 Å². The van der Waals surface area contributed by atoms with E-state index in [9.17, 15) is 24.0 Å². The van der Waals surface area contributed by atoms with Gasteiger partial charge in [0.15, 0.2) is 11.6 Å². The van der Waals surface area contributed by atoms with E-state index < -0.39 is 12.1 Å². The first-order valence-electron chi connectivity index (χ1n) is 7.90. The van der Waals surface area contributed by atoms with Gasteiger partial charge in [-0.3, -0.25) is 28.9 Å². The van der Waals surface area contributed by atoms with Crippen LogP contribution in [0.2, 0.25) is 0 Å². The minimum atomic E-state index is -1.26. The van der Waals surface area contributed by atoms with Gasteiger partial charge in [-0.25, -0.2) is 0 Å². The standard InChI is InChI=1S/C16H21NO6/c1-9(2)10-8-13(20)17(16(10)22)7-3-4-14(21)23-15-11(18)5-6-12(15)19/h9-10,15H,3-8H2,1-2H3. The van der Waals surface area contributed by atoms with Gasteiger partial charge >= 0.3 is 5.97 Å². The van der Waals surface area contributed by atoms with E-state index in [0.717, 1.165) is 0 Å². The maximum atomic E-state index is 12.1. The van der Waals surface area contributed by atoms with Gasteiger partial charge in [0.1, 0.15) is 0 Å². The smallest absolute Gasteiger partial charge is 0.307 e. The molecule has 1 aliphatic carbocycles. The third kappa shape index (κ3) is 3.83. The second-order valence-corrected chi connectivity index (χ2v) is 6.34. The summed E-state index contributed by atoms with van der Waals surface area (Å²) in [6.45, 7) is 3.95. The number of esters is 1. The molecule has 2 fully saturated rings. The third-order valence-corrected chi connectivity index (χ3v) is 4.30. The molecule has 2 aliphatic rings. The van der Waals surface area contributed by atoms with Crippen LogP contribution in [-0.4, -0.2) is 46.9 Å². The maximum absolute atomic E-state index is 12.1. The van der Waals surface area contributed by atoms with Gasteiger partial charge in [0.05, 0.1) is 0 Å². The van der Waals surface area contributed by atoms with Gasteiger partial charge in [-0.05, 0) is 12.3 Å². The molecule has 7 heteroatoms. The number of hydrogen-bond acceptors (Lipinski definition) is 6. The Morgan fingerprint density at radius 3 is 2.30 bits per heavy atom. The molecule has 0 aromatic carbocycles. The number of ketones is 2. The van der Waals surface area contributed by atoms with E-state index in [2.05, 4.69) is 0 Å². The topological polar surface area (TPSA) is 97.8 Å². The number of ether oxygens (including phenoxy) is 1. The van der Waals surface area contributed by atoms with Gasteiger partial charge in [0, 0.05) is 38.1 Å². The van der Waals surface area contributed by atoms with Crippen molar-refractivity contribution in [2.24, 2.45) is 11.8 Å². The first-order valence-corrected chi connectivity index (χ1v) is 7.90. The van der Waals surface area contributed by atoms with Gasteiger partial charge in [-0.1, -0.05) is 13.8 Å². The van der Waals surface area contributed by atoms with E-state index in [1.807, 2.05) is 13.8 Å². The molecule has 2 rings (SSSR count). The van der Waals surface area contributed by atoms with Crippen LogP contribution in [0.5, 0.6) is 0 Å². The summed E-state index contributed by atoms with van der Waals surface area (Å²) in [7, 11) is 0. The van der Waals surface area contributed by atoms with Crippen LogP contribution >= 0.6 is 0 Å². The molecular weight excluding hydrogens is 302 g/mol. The maximum Gasteiger partial charge on any atom is 0.307 e. The van der Waals surface area contributed by atoms with Crippen molar-refractivity contribution in [3.8, 4) is 0 Å². The predicted molar refractivity (Wildman–Crippen MR) is 78.0 cm³/mol. The Kier molecular flexibility index (Phi) is 5.28. The lowest BCUT2D eigenvalue weighted by molar-refractivity contribution is -0.157. The van der Waals surface area contributed by atoms with Crippen LogP contribution in [0.25, 0.3) is 0 Å². The monoisotopic (exact) mass is 323 g/mol. The predicted octanol–water partition coefficient (Wildman–Crippen LogP) is 0.641. The molecule has 1 atom stereocenters. The quantitative estimate of drug-likeness (QED) is 0.404. The molecule has 1 unspecified atom stereocenters. The van der Waals surface area contributed by atoms with Crippen molar-refractivity contribution in [1.82, 2.24) is 4.90 Å². The molecule has 0 spiro atoms. The summed E-state index contributed by atoms with van der Waals surface area (Å²) in [6, 6.07) is 0. The number of hydrogen-bond donors (Lipinski definition) is 0. The van der Waals surface area contributed by atoms with Gasteiger partial charge in [0.25, 0.3) is 0 Å². The van der Waals surface area contributed by atoms with Crippen molar-refractivity contribution in [2.75, 3.05) is 6.54 Å². The highest BCUT2D eigenvalue weighted by Crippen LogP contribution is 2.26. The summed E-state index contributed by atoms with van der Waals surface area (Å²) >= 11 is 0. The fourth-order valence-corrected chi connectivity index (χ4v) is 2.86. The average Bonchev–Trinajstić information content (AvgIpc) is 2.94. The van der Waals surface area contributed by atoms with Crippen LogP contribution in [0.1, 0.15) is 46.0 Å². The molecular formula is C16H21NO6. The van der Waals surface area contributed by atoms with E-state index in [4.69, 9.17) is 4.74 Å². The summed E-state index contributed by atoms with van der Waals surface area (Å²) in [5.74, 6) is -1.99. The second kappa shape index (κ2) is 7.02. The van der Waals surface area contributed by atoms with Crippen molar-refractivity contribution in [3.05, 3.63) is 0 Å². The highest BCUT2D eigenvalue weighted by Gasteiger charge is 2.40. The first-order chi connectivity index (χ1) is 10.8. The lowest BCUT2D eigenvalue weighted by Gasteiger charge is -2.16. The normalized spacial score (nSPS) is 22.6. The molecule has 7 nitrogen and oxygen atoms in total. The highest BCUT2D eigenvalue weighted by atomic mass is 16.6. The van der Waals surface area contributed by atoms with Gasteiger partial charge < -0.3 is 4.74 Å². The SMILES string of the molecule is CC(C)C1CC(=O)N(CCCC(=O)OC2C(=O)CCC2=O)C1=O. The molecule has 0 N–H and O–H groups in total. The van der Waals surface area contributed by atoms with Crippen LogP contribution in [0, 0.1) is 11.8 Å². The minimum absolute atomic E-state index is 0.0412. The Balaban J connectivity index is 1.77. The van der Waals surface area contributed by atoms with E-state index in [1.165, 1.54) is 4.90 Å². The van der Waals surface area contributed by atoms with Gasteiger partial charge in [-0.15, -0.1) is 0 Å². The Labute approximate surface area is 134 Å². The van der Waals surface area contributed by atoms with Crippen LogP contribution < -0.4 is 0 Å². The lowest BCUT2D eigenvalue weighted by atomic mass is 9.94. The van der Waals surface area contributed by atoms with E-state index in [-0.39, 0.29) is 73.9 Å². The summed E-state index contributed by atoms with van der Waals surface area (Å²) in [4.78, 5) is 59.6. The van der Waals surface area contributed by atoms with Crippen LogP contribution in [0.3, 0.4) is 0 Å².